The summed E-state index contributed by atoms with van der Waals surface area (Å²) in [7, 11) is 0. The highest BCUT2D eigenvalue weighted by atomic mass is 16.5. The molecule has 0 aliphatic heterocycles. The van der Waals surface area contributed by atoms with Gasteiger partial charge in [0.05, 0.1) is 0 Å². The van der Waals surface area contributed by atoms with Crippen molar-refractivity contribution in [3.05, 3.63) is 60.7 Å². The summed E-state index contributed by atoms with van der Waals surface area (Å²) in [5.41, 5.74) is 1.56. The second-order valence-electron chi connectivity index (χ2n) is 4.93. The van der Waals surface area contributed by atoms with Crippen LogP contribution < -0.4 is 15.4 Å². The van der Waals surface area contributed by atoms with E-state index in [0.717, 1.165) is 11.4 Å². The molecule has 8 heteroatoms. The molecule has 0 fully saturated rings. The van der Waals surface area contributed by atoms with Gasteiger partial charge in [0.1, 0.15) is 0 Å². The van der Waals surface area contributed by atoms with Crippen molar-refractivity contribution < 1.29 is 14.6 Å². The monoisotopic (exact) mass is 337 g/mol. The number of anilines is 4. The Balaban J connectivity index is 1.86. The molecule has 0 bridgehead atoms. The molecule has 1 aromatic heterocycles. The van der Waals surface area contributed by atoms with Crippen molar-refractivity contribution in [3.8, 4) is 6.01 Å². The highest BCUT2D eigenvalue weighted by Crippen LogP contribution is 2.19. The molecule has 126 valence electrons. The van der Waals surface area contributed by atoms with Crippen molar-refractivity contribution in [2.24, 2.45) is 0 Å². The fourth-order valence-corrected chi connectivity index (χ4v) is 1.96. The van der Waals surface area contributed by atoms with Crippen LogP contribution >= 0.6 is 0 Å². The van der Waals surface area contributed by atoms with Crippen molar-refractivity contribution >= 4 is 29.2 Å². The second kappa shape index (κ2) is 7.73. The van der Waals surface area contributed by atoms with Gasteiger partial charge in [-0.05, 0) is 24.3 Å². The lowest BCUT2D eigenvalue weighted by Gasteiger charge is -2.10. The molecule has 25 heavy (non-hydrogen) atoms. The minimum Gasteiger partial charge on any atom is -0.479 e. The minimum absolute atomic E-state index is 0.0886. The van der Waals surface area contributed by atoms with Crippen LogP contribution in [0.5, 0.6) is 6.01 Å². The van der Waals surface area contributed by atoms with Crippen LogP contribution in [0.15, 0.2) is 60.7 Å². The third-order valence-electron chi connectivity index (χ3n) is 3.00. The summed E-state index contributed by atoms with van der Waals surface area (Å²) in [4.78, 5) is 23.1. The molecular weight excluding hydrogens is 322 g/mol. The van der Waals surface area contributed by atoms with Crippen LogP contribution in [0.4, 0.5) is 23.3 Å². The maximum absolute atomic E-state index is 10.7. The fourth-order valence-electron chi connectivity index (χ4n) is 1.96. The Kier molecular flexibility index (Phi) is 5.01. The maximum atomic E-state index is 10.7. The molecule has 0 atom stereocenters. The first-order chi connectivity index (χ1) is 12.2. The largest absolute Gasteiger partial charge is 0.479 e. The zero-order valence-electron chi connectivity index (χ0n) is 13.1. The predicted molar refractivity (Wildman–Crippen MR) is 92.4 cm³/mol. The van der Waals surface area contributed by atoms with Crippen LogP contribution in [0.25, 0.3) is 0 Å². The van der Waals surface area contributed by atoms with E-state index in [4.69, 9.17) is 9.84 Å². The summed E-state index contributed by atoms with van der Waals surface area (Å²) >= 11 is 0. The fraction of sp³-hybridized carbons (Fsp3) is 0.0588. The Hall–Kier alpha value is -3.68. The number of ether oxygens (including phenoxy) is 1. The highest BCUT2D eigenvalue weighted by molar-refractivity contribution is 5.68. The molecule has 3 rings (SSSR count). The smallest absolute Gasteiger partial charge is 0.341 e. The Labute approximate surface area is 143 Å². The van der Waals surface area contributed by atoms with Gasteiger partial charge in [0.15, 0.2) is 6.61 Å². The van der Waals surface area contributed by atoms with Crippen LogP contribution in [0, 0.1) is 0 Å². The summed E-state index contributed by atoms with van der Waals surface area (Å²) in [6.45, 7) is -0.542. The van der Waals surface area contributed by atoms with Gasteiger partial charge in [0.2, 0.25) is 11.9 Å². The van der Waals surface area contributed by atoms with Crippen molar-refractivity contribution in [1.29, 1.82) is 0 Å². The normalized spacial score (nSPS) is 10.1. The number of para-hydroxylation sites is 2. The van der Waals surface area contributed by atoms with Crippen molar-refractivity contribution in [2.75, 3.05) is 17.2 Å². The van der Waals surface area contributed by atoms with E-state index < -0.39 is 12.6 Å². The van der Waals surface area contributed by atoms with E-state index in [1.807, 2.05) is 60.7 Å². The number of nitrogens with zero attached hydrogens (tertiary/aromatic N) is 3. The first kappa shape index (κ1) is 16.2. The van der Waals surface area contributed by atoms with Gasteiger partial charge in [-0.2, -0.15) is 15.0 Å². The van der Waals surface area contributed by atoms with E-state index in [1.54, 1.807) is 0 Å². The van der Waals surface area contributed by atoms with Gasteiger partial charge in [-0.3, -0.25) is 0 Å². The number of aromatic nitrogens is 3. The topological polar surface area (TPSA) is 109 Å². The molecular formula is C17H15N5O3. The summed E-state index contributed by atoms with van der Waals surface area (Å²) in [6, 6.07) is 18.6. The first-order valence-electron chi connectivity index (χ1n) is 7.44. The van der Waals surface area contributed by atoms with Gasteiger partial charge in [0.25, 0.3) is 0 Å². The Morgan fingerprint density at radius 3 is 1.76 bits per heavy atom. The summed E-state index contributed by atoms with van der Waals surface area (Å²) in [6.07, 6.45) is 0. The number of nitrogens with one attached hydrogen (secondary N) is 2. The third kappa shape index (κ3) is 4.90. The lowest BCUT2D eigenvalue weighted by atomic mass is 10.3. The second-order valence-corrected chi connectivity index (χ2v) is 4.93. The molecule has 0 radical (unpaired) electrons. The number of aliphatic carboxylic acids is 1. The van der Waals surface area contributed by atoms with Crippen molar-refractivity contribution in [2.45, 2.75) is 0 Å². The Morgan fingerprint density at radius 1 is 0.840 bits per heavy atom. The zero-order valence-corrected chi connectivity index (χ0v) is 13.1. The van der Waals surface area contributed by atoms with Gasteiger partial charge < -0.3 is 20.5 Å². The molecule has 8 nitrogen and oxygen atoms in total. The number of carboxylic acid groups (broad SMARTS) is 1. The first-order valence-corrected chi connectivity index (χ1v) is 7.44. The molecule has 3 N–H and O–H groups in total. The molecule has 0 unspecified atom stereocenters. The lowest BCUT2D eigenvalue weighted by molar-refractivity contribution is -0.139. The molecule has 0 spiro atoms. The Bertz CT molecular complexity index is 784. The quantitative estimate of drug-likeness (QED) is 0.604. The standard InChI is InChI=1S/C17H15N5O3/c23-14(24)11-25-17-21-15(18-12-7-3-1-4-8-12)20-16(22-17)19-13-9-5-2-6-10-13/h1-10H,11H2,(H,23,24)(H2,18,19,20,21,22). The van der Waals surface area contributed by atoms with Crippen molar-refractivity contribution in [1.82, 2.24) is 15.0 Å². The Morgan fingerprint density at radius 2 is 1.32 bits per heavy atom. The number of hydrogen-bond donors (Lipinski definition) is 3. The lowest BCUT2D eigenvalue weighted by Crippen LogP contribution is -2.13. The molecule has 0 aliphatic carbocycles. The summed E-state index contributed by atoms with van der Waals surface area (Å²) in [5, 5.41) is 14.8. The van der Waals surface area contributed by atoms with Crippen LogP contribution in [-0.2, 0) is 4.79 Å². The number of carbonyl (C=O) groups is 1. The average molecular weight is 337 g/mol. The maximum Gasteiger partial charge on any atom is 0.341 e. The van der Waals surface area contributed by atoms with Crippen LogP contribution in [-0.4, -0.2) is 32.6 Å². The van der Waals surface area contributed by atoms with Gasteiger partial charge in [0, 0.05) is 11.4 Å². The predicted octanol–water partition coefficient (Wildman–Crippen LogP) is 2.82. The molecule has 2 aromatic carbocycles. The van der Waals surface area contributed by atoms with Crippen LogP contribution in [0.3, 0.4) is 0 Å². The SMILES string of the molecule is O=C(O)COc1nc(Nc2ccccc2)nc(Nc2ccccc2)n1. The highest BCUT2D eigenvalue weighted by Gasteiger charge is 2.10. The van der Waals surface area contributed by atoms with Crippen LogP contribution in [0.2, 0.25) is 0 Å². The van der Waals surface area contributed by atoms with E-state index in [2.05, 4.69) is 25.6 Å². The van der Waals surface area contributed by atoms with Crippen LogP contribution in [0.1, 0.15) is 0 Å². The van der Waals surface area contributed by atoms with E-state index in [1.165, 1.54) is 0 Å². The molecule has 0 amide bonds. The molecule has 3 aromatic rings. The minimum atomic E-state index is -1.12. The van der Waals surface area contributed by atoms with E-state index >= 15 is 0 Å². The average Bonchev–Trinajstić information content (AvgIpc) is 2.61. The summed E-state index contributed by atoms with van der Waals surface area (Å²) in [5.74, 6) is -0.643. The van der Waals surface area contributed by atoms with Gasteiger partial charge >= 0.3 is 12.0 Å². The molecule has 0 saturated heterocycles. The van der Waals surface area contributed by atoms with E-state index in [9.17, 15) is 4.79 Å². The van der Waals surface area contributed by atoms with Gasteiger partial charge in [-0.1, -0.05) is 36.4 Å². The summed E-state index contributed by atoms with van der Waals surface area (Å²) < 4.78 is 5.08. The number of benzene rings is 2. The number of rotatable bonds is 7. The number of hydrogen-bond acceptors (Lipinski definition) is 7. The molecule has 1 heterocycles. The third-order valence-corrected chi connectivity index (χ3v) is 3.00. The van der Waals surface area contributed by atoms with E-state index in [0.29, 0.717) is 0 Å². The molecule has 0 saturated carbocycles. The zero-order chi connectivity index (χ0) is 17.5. The number of carboxylic acids is 1. The van der Waals surface area contributed by atoms with Gasteiger partial charge in [-0.15, -0.1) is 0 Å². The van der Waals surface area contributed by atoms with Crippen molar-refractivity contribution in [3.63, 3.8) is 0 Å². The van der Waals surface area contributed by atoms with Gasteiger partial charge in [-0.25, -0.2) is 4.79 Å². The van der Waals surface area contributed by atoms with E-state index in [-0.39, 0.29) is 17.9 Å². The molecule has 0 aliphatic rings.